The first kappa shape index (κ1) is 16.7. The van der Waals surface area contributed by atoms with Crippen LogP contribution in [0.3, 0.4) is 0 Å². The predicted molar refractivity (Wildman–Crippen MR) is 85.1 cm³/mol. The maximum Gasteiger partial charge on any atom is 0.339 e. The Bertz CT molecular complexity index is 502. The van der Waals surface area contributed by atoms with Crippen LogP contribution < -0.4 is 4.90 Å². The summed E-state index contributed by atoms with van der Waals surface area (Å²) < 4.78 is 4.96. The van der Waals surface area contributed by atoms with Gasteiger partial charge in [0.25, 0.3) is 0 Å². The molecule has 122 valence electrons. The van der Waals surface area contributed by atoms with Crippen molar-refractivity contribution in [3.05, 3.63) is 23.9 Å². The number of aliphatic hydroxyl groups excluding tert-OH is 1. The van der Waals surface area contributed by atoms with Gasteiger partial charge in [-0.1, -0.05) is 0 Å². The second kappa shape index (κ2) is 7.07. The van der Waals surface area contributed by atoms with Crippen molar-refractivity contribution < 1.29 is 14.6 Å². The van der Waals surface area contributed by atoms with Crippen molar-refractivity contribution in [1.29, 1.82) is 0 Å². The number of rotatable bonds is 5. The molecule has 22 heavy (non-hydrogen) atoms. The van der Waals surface area contributed by atoms with Gasteiger partial charge in [-0.3, -0.25) is 4.90 Å². The van der Waals surface area contributed by atoms with Gasteiger partial charge in [0, 0.05) is 37.9 Å². The van der Waals surface area contributed by atoms with Crippen LogP contribution in [0.1, 0.15) is 31.1 Å². The lowest BCUT2D eigenvalue weighted by Gasteiger charge is -2.47. The van der Waals surface area contributed by atoms with Crippen LogP contribution in [-0.4, -0.2) is 65.9 Å². The number of pyridine rings is 1. The molecule has 0 aromatic carbocycles. The lowest BCUT2D eigenvalue weighted by atomic mass is 9.99. The number of carbonyl (C=O) groups is 1. The van der Waals surface area contributed by atoms with Crippen LogP contribution >= 0.6 is 0 Å². The Kier molecular flexibility index (Phi) is 5.37. The summed E-state index contributed by atoms with van der Waals surface area (Å²) in [6.07, 6.45) is 1.57. The summed E-state index contributed by atoms with van der Waals surface area (Å²) in [6.45, 7) is 9.92. The third kappa shape index (κ3) is 3.75. The standard InChI is InChI=1S/C16H25N3O3/c1-4-22-15(21)13-5-6-14(17-11-13)18-7-8-19(9-10-20)16(2,3)12-18/h5-6,11,20H,4,7-10,12H2,1-3H3. The molecule has 1 aliphatic heterocycles. The zero-order chi connectivity index (χ0) is 16.2. The number of nitrogens with zero attached hydrogens (tertiary/aromatic N) is 3. The first-order chi connectivity index (χ1) is 10.5. The van der Waals surface area contributed by atoms with Gasteiger partial charge in [-0.15, -0.1) is 0 Å². The van der Waals surface area contributed by atoms with E-state index in [9.17, 15) is 4.79 Å². The molecule has 0 radical (unpaired) electrons. The topological polar surface area (TPSA) is 65.9 Å². The number of aromatic nitrogens is 1. The predicted octanol–water partition coefficient (Wildman–Crippen LogP) is 1.15. The van der Waals surface area contributed by atoms with Crippen LogP contribution in [0.5, 0.6) is 0 Å². The smallest absolute Gasteiger partial charge is 0.339 e. The van der Waals surface area contributed by atoms with E-state index in [0.717, 1.165) is 25.5 Å². The highest BCUT2D eigenvalue weighted by Crippen LogP contribution is 2.24. The molecule has 0 unspecified atom stereocenters. The highest BCUT2D eigenvalue weighted by molar-refractivity contribution is 5.89. The van der Waals surface area contributed by atoms with Gasteiger partial charge in [-0.2, -0.15) is 0 Å². The van der Waals surface area contributed by atoms with E-state index < -0.39 is 0 Å². The van der Waals surface area contributed by atoms with Crippen molar-refractivity contribution in [2.75, 3.05) is 44.3 Å². The average Bonchev–Trinajstić information content (AvgIpc) is 2.49. The highest BCUT2D eigenvalue weighted by atomic mass is 16.5. The Morgan fingerprint density at radius 3 is 2.73 bits per heavy atom. The molecule has 2 heterocycles. The maximum atomic E-state index is 11.6. The summed E-state index contributed by atoms with van der Waals surface area (Å²) in [5.41, 5.74) is 0.450. The SMILES string of the molecule is CCOC(=O)c1ccc(N2CCN(CCO)C(C)(C)C2)nc1. The number of hydrogen-bond acceptors (Lipinski definition) is 6. The quantitative estimate of drug-likeness (QED) is 0.823. The number of carbonyl (C=O) groups excluding carboxylic acids is 1. The molecule has 0 bridgehead atoms. The highest BCUT2D eigenvalue weighted by Gasteiger charge is 2.33. The van der Waals surface area contributed by atoms with Gasteiger partial charge in [0.05, 0.1) is 18.8 Å². The molecule has 1 aromatic rings. The number of aliphatic hydroxyl groups is 1. The molecule has 1 saturated heterocycles. The van der Waals surface area contributed by atoms with E-state index in [4.69, 9.17) is 9.84 Å². The second-order valence-corrected chi connectivity index (χ2v) is 6.07. The number of piperazine rings is 1. The van der Waals surface area contributed by atoms with Crippen molar-refractivity contribution in [2.45, 2.75) is 26.3 Å². The van der Waals surface area contributed by atoms with Gasteiger partial charge >= 0.3 is 5.97 Å². The van der Waals surface area contributed by atoms with Crippen LogP contribution in [0.4, 0.5) is 5.82 Å². The Labute approximate surface area is 131 Å². The molecule has 0 atom stereocenters. The molecule has 0 saturated carbocycles. The Morgan fingerprint density at radius 2 is 2.18 bits per heavy atom. The largest absolute Gasteiger partial charge is 0.462 e. The van der Waals surface area contributed by atoms with E-state index in [1.165, 1.54) is 0 Å². The minimum atomic E-state index is -0.338. The first-order valence-corrected chi connectivity index (χ1v) is 7.72. The van der Waals surface area contributed by atoms with Crippen LogP contribution in [0.15, 0.2) is 18.3 Å². The van der Waals surface area contributed by atoms with Crippen molar-refractivity contribution in [3.63, 3.8) is 0 Å². The lowest BCUT2D eigenvalue weighted by molar-refractivity contribution is 0.0526. The number of β-amino-alcohol motifs (C(OH)–C–C–N with tert-alkyl or cyclic N) is 1. The van der Waals surface area contributed by atoms with Crippen LogP contribution in [0.25, 0.3) is 0 Å². The van der Waals surface area contributed by atoms with Gasteiger partial charge in [-0.25, -0.2) is 9.78 Å². The summed E-state index contributed by atoms with van der Waals surface area (Å²) in [5.74, 6) is 0.527. The van der Waals surface area contributed by atoms with Gasteiger partial charge in [0.15, 0.2) is 0 Å². The number of esters is 1. The zero-order valence-corrected chi connectivity index (χ0v) is 13.6. The molecule has 1 fully saturated rings. The summed E-state index contributed by atoms with van der Waals surface area (Å²) in [4.78, 5) is 20.5. The minimum absolute atomic E-state index is 0.0253. The summed E-state index contributed by atoms with van der Waals surface area (Å²) >= 11 is 0. The van der Waals surface area contributed by atoms with E-state index in [1.807, 2.05) is 6.07 Å². The molecule has 0 spiro atoms. The van der Waals surface area contributed by atoms with Crippen LogP contribution in [0, 0.1) is 0 Å². The van der Waals surface area contributed by atoms with Gasteiger partial charge in [-0.05, 0) is 32.9 Å². The number of ether oxygens (including phenoxy) is 1. The van der Waals surface area contributed by atoms with Crippen LogP contribution in [0.2, 0.25) is 0 Å². The van der Waals surface area contributed by atoms with Gasteiger partial charge in [0.2, 0.25) is 0 Å². The average molecular weight is 307 g/mol. The van der Waals surface area contributed by atoms with Gasteiger partial charge < -0.3 is 14.7 Å². The van der Waals surface area contributed by atoms with Crippen LogP contribution in [-0.2, 0) is 4.74 Å². The maximum absolute atomic E-state index is 11.6. The van der Waals surface area contributed by atoms with Crippen molar-refractivity contribution >= 4 is 11.8 Å². The van der Waals surface area contributed by atoms with E-state index in [2.05, 4.69) is 28.6 Å². The third-order valence-corrected chi connectivity index (χ3v) is 4.03. The molecule has 6 heteroatoms. The Morgan fingerprint density at radius 1 is 1.41 bits per heavy atom. The molecule has 0 amide bonds. The fourth-order valence-corrected chi connectivity index (χ4v) is 2.83. The molecular weight excluding hydrogens is 282 g/mol. The second-order valence-electron chi connectivity index (χ2n) is 6.07. The number of hydrogen-bond donors (Lipinski definition) is 1. The molecule has 1 N–H and O–H groups in total. The first-order valence-electron chi connectivity index (χ1n) is 7.72. The van der Waals surface area contributed by atoms with Crippen molar-refractivity contribution in [2.24, 2.45) is 0 Å². The van der Waals surface area contributed by atoms with Gasteiger partial charge in [0.1, 0.15) is 5.82 Å². The Balaban J connectivity index is 2.05. The summed E-state index contributed by atoms with van der Waals surface area (Å²) in [7, 11) is 0. The van der Waals surface area contributed by atoms with Crippen molar-refractivity contribution in [1.82, 2.24) is 9.88 Å². The monoisotopic (exact) mass is 307 g/mol. The molecule has 6 nitrogen and oxygen atoms in total. The molecule has 1 aliphatic rings. The van der Waals surface area contributed by atoms with Crippen molar-refractivity contribution in [3.8, 4) is 0 Å². The lowest BCUT2D eigenvalue weighted by Crippen LogP contribution is -2.60. The molecule has 1 aromatic heterocycles. The van der Waals surface area contributed by atoms with E-state index in [-0.39, 0.29) is 18.1 Å². The fraction of sp³-hybridized carbons (Fsp3) is 0.625. The summed E-state index contributed by atoms with van der Waals surface area (Å²) in [5, 5.41) is 9.15. The van der Waals surface area contributed by atoms with E-state index in [1.54, 1.807) is 19.2 Å². The minimum Gasteiger partial charge on any atom is -0.462 e. The molecule has 2 rings (SSSR count). The normalized spacial score (nSPS) is 18.3. The Hall–Kier alpha value is -1.66. The summed E-state index contributed by atoms with van der Waals surface area (Å²) in [6, 6.07) is 3.62. The van der Waals surface area contributed by atoms with E-state index >= 15 is 0 Å². The molecular formula is C16H25N3O3. The molecule has 0 aliphatic carbocycles. The zero-order valence-electron chi connectivity index (χ0n) is 13.6. The third-order valence-electron chi connectivity index (χ3n) is 4.03. The number of anilines is 1. The van der Waals surface area contributed by atoms with E-state index in [0.29, 0.717) is 18.7 Å². The fourth-order valence-electron chi connectivity index (χ4n) is 2.83.